The van der Waals surface area contributed by atoms with Crippen molar-refractivity contribution in [3.8, 4) is 5.75 Å². The van der Waals surface area contributed by atoms with Gasteiger partial charge in [0.05, 0.1) is 12.8 Å². The van der Waals surface area contributed by atoms with E-state index in [1.165, 1.54) is 14.0 Å². The van der Waals surface area contributed by atoms with Gasteiger partial charge in [-0.1, -0.05) is 12.8 Å². The predicted molar refractivity (Wildman–Crippen MR) is 145 cm³/mol. The van der Waals surface area contributed by atoms with Crippen molar-refractivity contribution in [2.75, 3.05) is 37.9 Å². The molecule has 4 rings (SSSR count). The first-order valence-corrected chi connectivity index (χ1v) is 13.5. The van der Waals surface area contributed by atoms with Crippen LogP contribution in [0.2, 0.25) is 0 Å². The Morgan fingerprint density at radius 2 is 1.82 bits per heavy atom. The average Bonchev–Trinajstić information content (AvgIpc) is 2.89. The second-order valence-electron chi connectivity index (χ2n) is 10.4. The molecule has 218 valence electrons. The molecule has 2 amide bonds. The first-order chi connectivity index (χ1) is 19.0. The van der Waals surface area contributed by atoms with E-state index in [-0.39, 0.29) is 35.7 Å². The van der Waals surface area contributed by atoms with Crippen molar-refractivity contribution in [1.29, 1.82) is 0 Å². The normalized spacial score (nSPS) is 21.8. The zero-order chi connectivity index (χ0) is 28.9. The number of hydrogen-bond donors (Lipinski definition) is 4. The first kappa shape index (κ1) is 29.4. The third-order valence-corrected chi connectivity index (χ3v) is 7.24. The number of hydrogen-bond acceptors (Lipinski definition) is 8. The summed E-state index contributed by atoms with van der Waals surface area (Å²) in [6.07, 6.45) is 0.888. The Kier molecular flexibility index (Phi) is 9.33. The number of alkyl halides is 3. The van der Waals surface area contributed by atoms with Crippen molar-refractivity contribution in [2.45, 2.75) is 69.8 Å². The van der Waals surface area contributed by atoms with Gasteiger partial charge in [-0.15, -0.1) is 0 Å². The molecule has 1 aliphatic carbocycles. The van der Waals surface area contributed by atoms with Crippen molar-refractivity contribution in [2.24, 2.45) is 0 Å². The standard InChI is InChI=1S/C27H36F3N7O3/c1-16(38)32-20-8-4-5-9-21(20)34-24-19(27(28,29)30)14-31-26(36-24)35-22-11-10-17(13-23(22)40-3)25(39)33-18-7-6-12-37(2)15-18/h10-11,13-14,18,20-21H,4-9,12,15H2,1-3H3,(H,32,38)(H,33,39)(H2,31,34,35,36). The number of rotatable bonds is 8. The largest absolute Gasteiger partial charge is 0.495 e. The molecule has 0 spiro atoms. The second kappa shape index (κ2) is 12.7. The van der Waals surface area contributed by atoms with Crippen LogP contribution >= 0.6 is 0 Å². The zero-order valence-corrected chi connectivity index (χ0v) is 22.9. The summed E-state index contributed by atoms with van der Waals surface area (Å²) in [5, 5.41) is 11.7. The van der Waals surface area contributed by atoms with E-state index in [9.17, 15) is 22.8 Å². The number of nitrogens with zero attached hydrogens (tertiary/aromatic N) is 3. The Morgan fingerprint density at radius 3 is 2.50 bits per heavy atom. The van der Waals surface area contributed by atoms with E-state index in [1.54, 1.807) is 18.2 Å². The Balaban J connectivity index is 1.54. The van der Waals surface area contributed by atoms with Crippen molar-refractivity contribution >= 4 is 29.3 Å². The van der Waals surface area contributed by atoms with Crippen molar-refractivity contribution in [1.82, 2.24) is 25.5 Å². The van der Waals surface area contributed by atoms with Crippen LogP contribution in [-0.4, -0.2) is 72.1 Å². The fourth-order valence-electron chi connectivity index (χ4n) is 5.28. The third-order valence-electron chi connectivity index (χ3n) is 7.24. The maximum Gasteiger partial charge on any atom is 0.421 e. The summed E-state index contributed by atoms with van der Waals surface area (Å²) in [7, 11) is 3.45. The van der Waals surface area contributed by atoms with Crippen LogP contribution in [0.4, 0.5) is 30.6 Å². The number of piperidine rings is 1. The summed E-state index contributed by atoms with van der Waals surface area (Å²) in [6.45, 7) is 3.16. The molecule has 1 saturated heterocycles. The summed E-state index contributed by atoms with van der Waals surface area (Å²) in [5.74, 6) is -0.620. The molecule has 40 heavy (non-hydrogen) atoms. The number of benzene rings is 1. The van der Waals surface area contributed by atoms with Crippen LogP contribution in [0.15, 0.2) is 24.4 Å². The minimum Gasteiger partial charge on any atom is -0.495 e. The van der Waals surface area contributed by atoms with Gasteiger partial charge in [0.25, 0.3) is 5.91 Å². The topological polar surface area (TPSA) is 121 Å². The Bertz CT molecular complexity index is 1210. The SMILES string of the molecule is COc1cc(C(=O)NC2CCCN(C)C2)ccc1Nc1ncc(C(F)(F)F)c(NC2CCCCC2NC(C)=O)n1. The molecule has 1 aliphatic heterocycles. The Labute approximate surface area is 231 Å². The summed E-state index contributed by atoms with van der Waals surface area (Å²) in [5.41, 5.74) is -0.221. The van der Waals surface area contributed by atoms with E-state index in [1.807, 2.05) is 7.05 Å². The number of likely N-dealkylation sites (tertiary alicyclic amines) is 1. The average molecular weight is 564 g/mol. The molecule has 1 saturated carbocycles. The number of likely N-dealkylation sites (N-methyl/N-ethyl adjacent to an activating group) is 1. The molecule has 4 N–H and O–H groups in total. The highest BCUT2D eigenvalue weighted by molar-refractivity contribution is 5.95. The van der Waals surface area contributed by atoms with Gasteiger partial charge in [0.1, 0.15) is 17.1 Å². The van der Waals surface area contributed by atoms with Gasteiger partial charge in [-0.05, 0) is 57.5 Å². The number of aromatic nitrogens is 2. The molecule has 13 heteroatoms. The fourth-order valence-corrected chi connectivity index (χ4v) is 5.28. The molecule has 2 heterocycles. The molecule has 2 fully saturated rings. The minimum atomic E-state index is -4.68. The lowest BCUT2D eigenvalue weighted by molar-refractivity contribution is -0.137. The zero-order valence-electron chi connectivity index (χ0n) is 22.9. The van der Waals surface area contributed by atoms with Gasteiger partial charge < -0.3 is 30.9 Å². The number of methoxy groups -OCH3 is 1. The third kappa shape index (κ3) is 7.52. The number of carbonyl (C=O) groups excluding carboxylic acids is 2. The van der Waals surface area contributed by atoms with Gasteiger partial charge >= 0.3 is 6.18 Å². The lowest BCUT2D eigenvalue weighted by Gasteiger charge is -2.33. The molecule has 2 aliphatic rings. The molecule has 2 aromatic rings. The molecular formula is C27H36F3N7O3. The fraction of sp³-hybridized carbons (Fsp3) is 0.556. The van der Waals surface area contributed by atoms with Crippen LogP contribution in [0.25, 0.3) is 0 Å². The van der Waals surface area contributed by atoms with Gasteiger partial charge in [0.2, 0.25) is 11.9 Å². The van der Waals surface area contributed by atoms with Gasteiger partial charge in [-0.2, -0.15) is 18.2 Å². The van der Waals surface area contributed by atoms with Crippen LogP contribution in [0, 0.1) is 0 Å². The van der Waals surface area contributed by atoms with Gasteiger partial charge in [-0.3, -0.25) is 9.59 Å². The van der Waals surface area contributed by atoms with Crippen LogP contribution < -0.4 is 26.0 Å². The van der Waals surface area contributed by atoms with Crippen molar-refractivity contribution in [3.05, 3.63) is 35.5 Å². The van der Waals surface area contributed by atoms with Crippen LogP contribution in [0.5, 0.6) is 5.75 Å². The van der Waals surface area contributed by atoms with Gasteiger partial charge in [0, 0.05) is 43.4 Å². The molecule has 0 bridgehead atoms. The highest BCUT2D eigenvalue weighted by Gasteiger charge is 2.37. The molecule has 1 aromatic heterocycles. The van der Waals surface area contributed by atoms with E-state index in [4.69, 9.17) is 4.74 Å². The summed E-state index contributed by atoms with van der Waals surface area (Å²) in [4.78, 5) is 34.7. The number of carbonyl (C=O) groups is 2. The smallest absolute Gasteiger partial charge is 0.421 e. The van der Waals surface area contributed by atoms with Crippen LogP contribution in [0.3, 0.4) is 0 Å². The summed E-state index contributed by atoms with van der Waals surface area (Å²) in [6, 6.07) is 4.09. The summed E-state index contributed by atoms with van der Waals surface area (Å²) < 4.78 is 46.9. The number of halogens is 3. The highest BCUT2D eigenvalue weighted by Crippen LogP contribution is 2.36. The molecule has 10 nitrogen and oxygen atoms in total. The van der Waals surface area contributed by atoms with Gasteiger partial charge in [-0.25, -0.2) is 4.98 Å². The first-order valence-electron chi connectivity index (χ1n) is 13.5. The molecular weight excluding hydrogens is 527 g/mol. The number of ether oxygens (including phenoxy) is 1. The second-order valence-corrected chi connectivity index (χ2v) is 10.4. The van der Waals surface area contributed by atoms with E-state index >= 15 is 0 Å². The van der Waals surface area contributed by atoms with Crippen molar-refractivity contribution in [3.63, 3.8) is 0 Å². The minimum absolute atomic E-state index is 0.0518. The molecule has 3 atom stereocenters. The molecule has 0 radical (unpaired) electrons. The highest BCUT2D eigenvalue weighted by atomic mass is 19.4. The molecule has 3 unspecified atom stereocenters. The van der Waals surface area contributed by atoms with E-state index in [0.717, 1.165) is 45.0 Å². The quantitative estimate of drug-likeness (QED) is 0.382. The van der Waals surface area contributed by atoms with Crippen LogP contribution in [-0.2, 0) is 11.0 Å². The van der Waals surface area contributed by atoms with E-state index in [2.05, 4.69) is 36.1 Å². The predicted octanol–water partition coefficient (Wildman–Crippen LogP) is 3.93. The maximum atomic E-state index is 13.8. The lowest BCUT2D eigenvalue weighted by atomic mass is 9.90. The molecule has 1 aromatic carbocycles. The van der Waals surface area contributed by atoms with Gasteiger partial charge in [0.15, 0.2) is 0 Å². The number of nitrogens with one attached hydrogen (secondary N) is 4. The van der Waals surface area contributed by atoms with E-state index < -0.39 is 17.8 Å². The van der Waals surface area contributed by atoms with Crippen LogP contribution in [0.1, 0.15) is 61.4 Å². The Morgan fingerprint density at radius 1 is 1.07 bits per heavy atom. The number of anilines is 3. The monoisotopic (exact) mass is 563 g/mol. The Hall–Kier alpha value is -3.61. The lowest BCUT2D eigenvalue weighted by Crippen LogP contribution is -2.48. The summed E-state index contributed by atoms with van der Waals surface area (Å²) >= 11 is 0. The van der Waals surface area contributed by atoms with Crippen molar-refractivity contribution < 1.29 is 27.5 Å². The van der Waals surface area contributed by atoms with E-state index in [0.29, 0.717) is 29.8 Å². The number of amides is 2. The maximum absolute atomic E-state index is 13.8.